The van der Waals surface area contributed by atoms with E-state index in [2.05, 4.69) is 15.6 Å². The minimum atomic E-state index is 0.605. The van der Waals surface area contributed by atoms with Crippen LogP contribution in [0.3, 0.4) is 0 Å². The molecule has 1 aromatic rings. The molecule has 1 aliphatic carbocycles. The van der Waals surface area contributed by atoms with E-state index in [1.807, 2.05) is 12.1 Å². The second kappa shape index (κ2) is 11.6. The van der Waals surface area contributed by atoms with E-state index in [0.717, 1.165) is 24.0 Å². The maximum atomic E-state index is 5.41. The fourth-order valence-corrected chi connectivity index (χ4v) is 3.71. The largest absolute Gasteiger partial charge is 0.493 e. The molecule has 0 radical (unpaired) electrons. The van der Waals surface area contributed by atoms with Gasteiger partial charge in [-0.05, 0) is 30.0 Å². The van der Waals surface area contributed by atoms with Crippen LogP contribution in [0, 0.1) is 5.92 Å². The van der Waals surface area contributed by atoms with Crippen LogP contribution in [0.25, 0.3) is 0 Å². The zero-order valence-corrected chi connectivity index (χ0v) is 17.3. The van der Waals surface area contributed by atoms with Crippen LogP contribution >= 0.6 is 0 Å². The van der Waals surface area contributed by atoms with Gasteiger partial charge in [0.05, 0.1) is 21.3 Å². The maximum absolute atomic E-state index is 5.41. The lowest BCUT2D eigenvalue weighted by molar-refractivity contribution is 0.323. The predicted octanol–water partition coefficient (Wildman–Crippen LogP) is 3.74. The van der Waals surface area contributed by atoms with Crippen molar-refractivity contribution in [2.24, 2.45) is 10.9 Å². The van der Waals surface area contributed by atoms with Crippen molar-refractivity contribution in [1.29, 1.82) is 0 Å². The highest BCUT2D eigenvalue weighted by Crippen LogP contribution is 2.38. The molecular formula is C21H35N3O3. The molecule has 0 aliphatic heterocycles. The van der Waals surface area contributed by atoms with Gasteiger partial charge in [0, 0.05) is 20.1 Å². The summed E-state index contributed by atoms with van der Waals surface area (Å²) in [4.78, 5) is 4.30. The molecule has 1 saturated carbocycles. The van der Waals surface area contributed by atoms with Gasteiger partial charge in [-0.25, -0.2) is 0 Å². The molecule has 0 saturated heterocycles. The molecule has 1 aromatic carbocycles. The molecule has 152 valence electrons. The molecule has 0 unspecified atom stereocenters. The van der Waals surface area contributed by atoms with E-state index in [1.165, 1.54) is 44.9 Å². The molecule has 0 heterocycles. The monoisotopic (exact) mass is 377 g/mol. The van der Waals surface area contributed by atoms with Crippen molar-refractivity contribution in [3.05, 3.63) is 17.7 Å². The molecule has 2 N–H and O–H groups in total. The van der Waals surface area contributed by atoms with E-state index in [1.54, 1.807) is 28.4 Å². The van der Waals surface area contributed by atoms with Gasteiger partial charge in [-0.15, -0.1) is 0 Å². The van der Waals surface area contributed by atoms with Gasteiger partial charge in [-0.1, -0.05) is 38.5 Å². The first-order valence-corrected chi connectivity index (χ1v) is 9.95. The predicted molar refractivity (Wildman–Crippen MR) is 110 cm³/mol. The van der Waals surface area contributed by atoms with Gasteiger partial charge >= 0.3 is 0 Å². The first-order chi connectivity index (χ1) is 13.2. The smallest absolute Gasteiger partial charge is 0.203 e. The molecule has 6 nitrogen and oxygen atoms in total. The Kier molecular flexibility index (Phi) is 9.08. The van der Waals surface area contributed by atoms with Gasteiger partial charge in [-0.2, -0.15) is 0 Å². The van der Waals surface area contributed by atoms with Crippen LogP contribution in [0.5, 0.6) is 17.2 Å². The molecular weight excluding hydrogens is 342 g/mol. The van der Waals surface area contributed by atoms with Crippen molar-refractivity contribution in [3.8, 4) is 17.2 Å². The van der Waals surface area contributed by atoms with Gasteiger partial charge < -0.3 is 24.8 Å². The standard InChI is InChI=1S/C21H35N3O3/c1-22-21(23-12-8-7-11-16-9-5-6-10-16)24-15-17-13-18(25-2)20(27-4)19(14-17)26-3/h13-14,16H,5-12,15H2,1-4H3,(H2,22,23,24). The van der Waals surface area contributed by atoms with Crippen molar-refractivity contribution in [2.75, 3.05) is 34.9 Å². The Hall–Kier alpha value is -2.11. The van der Waals surface area contributed by atoms with Crippen molar-refractivity contribution in [1.82, 2.24) is 10.6 Å². The van der Waals surface area contributed by atoms with E-state index in [-0.39, 0.29) is 0 Å². The number of benzene rings is 1. The Labute approximate surface area is 163 Å². The van der Waals surface area contributed by atoms with E-state index < -0.39 is 0 Å². The molecule has 0 amide bonds. The van der Waals surface area contributed by atoms with Crippen molar-refractivity contribution >= 4 is 5.96 Å². The number of nitrogens with one attached hydrogen (secondary N) is 2. The first kappa shape index (κ1) is 21.2. The van der Waals surface area contributed by atoms with Gasteiger partial charge in [0.25, 0.3) is 0 Å². The normalized spacial score (nSPS) is 14.9. The minimum Gasteiger partial charge on any atom is -0.493 e. The van der Waals surface area contributed by atoms with Gasteiger partial charge in [0.1, 0.15) is 0 Å². The van der Waals surface area contributed by atoms with E-state index in [0.29, 0.717) is 23.8 Å². The van der Waals surface area contributed by atoms with Crippen molar-refractivity contribution in [3.63, 3.8) is 0 Å². The number of hydrogen-bond donors (Lipinski definition) is 2. The average Bonchev–Trinajstić information content (AvgIpc) is 3.22. The third kappa shape index (κ3) is 6.52. The van der Waals surface area contributed by atoms with Crippen LogP contribution in [0.4, 0.5) is 0 Å². The molecule has 0 bridgehead atoms. The Morgan fingerprint density at radius 3 is 2.22 bits per heavy atom. The lowest BCUT2D eigenvalue weighted by Crippen LogP contribution is -2.37. The highest BCUT2D eigenvalue weighted by Gasteiger charge is 2.14. The zero-order valence-electron chi connectivity index (χ0n) is 17.3. The van der Waals surface area contributed by atoms with Crippen LogP contribution in [0.15, 0.2) is 17.1 Å². The summed E-state index contributed by atoms with van der Waals surface area (Å²) in [7, 11) is 6.65. The molecule has 1 aliphatic rings. The molecule has 2 rings (SSSR count). The first-order valence-electron chi connectivity index (χ1n) is 9.95. The summed E-state index contributed by atoms with van der Waals surface area (Å²) < 4.78 is 16.2. The summed E-state index contributed by atoms with van der Waals surface area (Å²) in [5.41, 5.74) is 1.04. The fourth-order valence-electron chi connectivity index (χ4n) is 3.71. The summed E-state index contributed by atoms with van der Waals surface area (Å²) in [6, 6.07) is 3.90. The molecule has 1 fully saturated rings. The van der Waals surface area contributed by atoms with E-state index >= 15 is 0 Å². The number of guanidine groups is 1. The molecule has 0 aromatic heterocycles. The Morgan fingerprint density at radius 2 is 1.67 bits per heavy atom. The van der Waals surface area contributed by atoms with Crippen LogP contribution in [-0.2, 0) is 6.54 Å². The summed E-state index contributed by atoms with van der Waals surface area (Å²) in [5.74, 6) is 3.70. The number of hydrogen-bond acceptors (Lipinski definition) is 4. The zero-order chi connectivity index (χ0) is 19.5. The van der Waals surface area contributed by atoms with Crippen LogP contribution in [-0.4, -0.2) is 40.9 Å². The second-order valence-corrected chi connectivity index (χ2v) is 7.03. The molecule has 0 atom stereocenters. The summed E-state index contributed by atoms with van der Waals surface area (Å²) in [5, 5.41) is 6.74. The highest BCUT2D eigenvalue weighted by atomic mass is 16.5. The lowest BCUT2D eigenvalue weighted by atomic mass is 10.0. The number of methoxy groups -OCH3 is 3. The van der Waals surface area contributed by atoms with Crippen LogP contribution in [0.2, 0.25) is 0 Å². The fraction of sp³-hybridized carbons (Fsp3) is 0.667. The Morgan fingerprint density at radius 1 is 1.00 bits per heavy atom. The third-order valence-corrected chi connectivity index (χ3v) is 5.21. The summed E-state index contributed by atoms with van der Waals surface area (Å²) in [6.45, 7) is 1.57. The van der Waals surface area contributed by atoms with Gasteiger partial charge in [0.2, 0.25) is 5.75 Å². The number of rotatable bonds is 10. The summed E-state index contributed by atoms with van der Waals surface area (Å²) >= 11 is 0. The Balaban J connectivity index is 1.77. The SMILES string of the molecule is CN=C(NCCCCC1CCCC1)NCc1cc(OC)c(OC)c(OC)c1. The number of nitrogens with zero attached hydrogens (tertiary/aromatic N) is 1. The lowest BCUT2D eigenvalue weighted by Gasteiger charge is -2.16. The van der Waals surface area contributed by atoms with Gasteiger partial charge in [0.15, 0.2) is 17.5 Å². The molecule has 27 heavy (non-hydrogen) atoms. The molecule has 0 spiro atoms. The third-order valence-electron chi connectivity index (χ3n) is 5.21. The topological polar surface area (TPSA) is 64.1 Å². The quantitative estimate of drug-likeness (QED) is 0.369. The number of aliphatic imine (C=N–C) groups is 1. The van der Waals surface area contributed by atoms with E-state index in [9.17, 15) is 0 Å². The average molecular weight is 378 g/mol. The Bertz CT molecular complexity index is 573. The van der Waals surface area contributed by atoms with E-state index in [4.69, 9.17) is 14.2 Å². The second-order valence-electron chi connectivity index (χ2n) is 7.03. The number of unbranched alkanes of at least 4 members (excludes halogenated alkanes) is 1. The molecule has 6 heteroatoms. The summed E-state index contributed by atoms with van der Waals surface area (Å²) in [6.07, 6.45) is 9.58. The number of ether oxygens (including phenoxy) is 3. The van der Waals surface area contributed by atoms with Crippen molar-refractivity contribution in [2.45, 2.75) is 51.5 Å². The van der Waals surface area contributed by atoms with Crippen LogP contribution < -0.4 is 24.8 Å². The van der Waals surface area contributed by atoms with Crippen molar-refractivity contribution < 1.29 is 14.2 Å². The van der Waals surface area contributed by atoms with Gasteiger partial charge in [-0.3, -0.25) is 4.99 Å². The maximum Gasteiger partial charge on any atom is 0.203 e. The van der Waals surface area contributed by atoms with Crippen LogP contribution in [0.1, 0.15) is 50.5 Å². The highest BCUT2D eigenvalue weighted by molar-refractivity contribution is 5.79. The minimum absolute atomic E-state index is 0.605.